The molecule has 114 valence electrons. The minimum absolute atomic E-state index is 0.167. The van der Waals surface area contributed by atoms with Gasteiger partial charge in [-0.2, -0.15) is 0 Å². The molecule has 0 spiro atoms. The van der Waals surface area contributed by atoms with Crippen molar-refractivity contribution in [1.29, 1.82) is 0 Å². The highest BCUT2D eigenvalue weighted by molar-refractivity contribution is 5.40. The van der Waals surface area contributed by atoms with Crippen LogP contribution in [0.2, 0.25) is 0 Å². The molecule has 0 saturated heterocycles. The van der Waals surface area contributed by atoms with Crippen LogP contribution >= 0.6 is 0 Å². The number of nitrogens with two attached hydrogens (primary N) is 2. The summed E-state index contributed by atoms with van der Waals surface area (Å²) < 4.78 is 0. The van der Waals surface area contributed by atoms with Crippen molar-refractivity contribution >= 4 is 5.69 Å². The molecule has 0 aliphatic carbocycles. The maximum atomic E-state index is 6.20. The Labute approximate surface area is 124 Å². The summed E-state index contributed by atoms with van der Waals surface area (Å²) in [6.45, 7) is 2.27. The molecule has 0 aromatic heterocycles. The molecular formula is C18H32N2. The number of anilines is 1. The minimum atomic E-state index is 0.167. The van der Waals surface area contributed by atoms with Gasteiger partial charge in [0.1, 0.15) is 0 Å². The van der Waals surface area contributed by atoms with Crippen molar-refractivity contribution in [2.75, 3.05) is 5.73 Å². The quantitative estimate of drug-likeness (QED) is 0.431. The average Bonchev–Trinajstić information content (AvgIpc) is 2.46. The Kier molecular flexibility index (Phi) is 9.14. The maximum absolute atomic E-state index is 6.20. The van der Waals surface area contributed by atoms with Gasteiger partial charge in [0.2, 0.25) is 0 Å². The molecule has 0 radical (unpaired) electrons. The van der Waals surface area contributed by atoms with Gasteiger partial charge >= 0.3 is 0 Å². The third kappa shape index (κ3) is 7.54. The summed E-state index contributed by atoms with van der Waals surface area (Å²) in [5.74, 6) is 0. The summed E-state index contributed by atoms with van der Waals surface area (Å²) in [7, 11) is 0. The Balaban J connectivity index is 1.99. The van der Waals surface area contributed by atoms with Gasteiger partial charge in [-0.25, -0.2) is 0 Å². The van der Waals surface area contributed by atoms with Crippen LogP contribution in [0.5, 0.6) is 0 Å². The van der Waals surface area contributed by atoms with E-state index in [1.807, 2.05) is 24.3 Å². The van der Waals surface area contributed by atoms with Gasteiger partial charge in [-0.1, -0.05) is 76.8 Å². The fourth-order valence-corrected chi connectivity index (χ4v) is 2.58. The lowest BCUT2D eigenvalue weighted by atomic mass is 10.00. The van der Waals surface area contributed by atoms with E-state index in [0.717, 1.165) is 12.1 Å². The van der Waals surface area contributed by atoms with Gasteiger partial charge in [0.25, 0.3) is 0 Å². The molecule has 1 aromatic carbocycles. The molecule has 1 atom stereocenters. The topological polar surface area (TPSA) is 52.0 Å². The summed E-state index contributed by atoms with van der Waals surface area (Å²) in [6, 6.07) is 8.14. The highest BCUT2D eigenvalue weighted by atomic mass is 14.6. The number of nitrogen functional groups attached to an aromatic ring is 1. The van der Waals surface area contributed by atoms with Crippen molar-refractivity contribution in [2.45, 2.75) is 77.2 Å². The second kappa shape index (κ2) is 10.7. The normalized spacial score (nSPS) is 12.5. The Hall–Kier alpha value is -1.02. The van der Waals surface area contributed by atoms with Crippen LogP contribution in [-0.2, 0) is 0 Å². The molecule has 2 nitrogen and oxygen atoms in total. The van der Waals surface area contributed by atoms with Crippen LogP contribution in [-0.4, -0.2) is 0 Å². The molecule has 4 N–H and O–H groups in total. The van der Waals surface area contributed by atoms with Crippen LogP contribution in [0.3, 0.4) is 0 Å². The fraction of sp³-hybridized carbons (Fsp3) is 0.667. The van der Waals surface area contributed by atoms with Gasteiger partial charge in [0.15, 0.2) is 0 Å². The zero-order valence-electron chi connectivity index (χ0n) is 13.1. The molecule has 1 aromatic rings. The van der Waals surface area contributed by atoms with Gasteiger partial charge < -0.3 is 11.5 Å². The molecule has 1 unspecified atom stereocenters. The molecule has 0 bridgehead atoms. The van der Waals surface area contributed by atoms with E-state index in [-0.39, 0.29) is 6.04 Å². The molecule has 0 fully saturated rings. The summed E-state index contributed by atoms with van der Waals surface area (Å²) in [6.07, 6.45) is 13.4. The fourth-order valence-electron chi connectivity index (χ4n) is 2.58. The van der Waals surface area contributed by atoms with Gasteiger partial charge in [-0.3, -0.25) is 0 Å². The van der Waals surface area contributed by atoms with Crippen molar-refractivity contribution in [2.24, 2.45) is 5.73 Å². The molecule has 0 aliphatic heterocycles. The van der Waals surface area contributed by atoms with E-state index in [9.17, 15) is 0 Å². The second-order valence-electron chi connectivity index (χ2n) is 5.89. The lowest BCUT2D eigenvalue weighted by Gasteiger charge is -2.12. The van der Waals surface area contributed by atoms with E-state index in [4.69, 9.17) is 11.5 Å². The van der Waals surface area contributed by atoms with Crippen LogP contribution in [0.15, 0.2) is 24.3 Å². The number of benzene rings is 1. The first kappa shape index (κ1) is 17.0. The second-order valence-corrected chi connectivity index (χ2v) is 5.89. The van der Waals surface area contributed by atoms with E-state index < -0.39 is 0 Å². The highest BCUT2D eigenvalue weighted by Crippen LogP contribution is 2.19. The van der Waals surface area contributed by atoms with Crippen LogP contribution in [0.4, 0.5) is 5.69 Å². The third-order valence-electron chi connectivity index (χ3n) is 3.98. The number of hydrogen-bond acceptors (Lipinski definition) is 2. The lowest BCUT2D eigenvalue weighted by Crippen LogP contribution is -2.10. The molecule has 0 amide bonds. The SMILES string of the molecule is CCCCCCCCCCCC(N)c1ccc(N)cc1. The first-order valence-electron chi connectivity index (χ1n) is 8.35. The molecule has 1 rings (SSSR count). The van der Waals surface area contributed by atoms with Crippen molar-refractivity contribution < 1.29 is 0 Å². The van der Waals surface area contributed by atoms with Crippen LogP contribution in [0, 0.1) is 0 Å². The number of unbranched alkanes of at least 4 members (excludes halogenated alkanes) is 8. The average molecular weight is 276 g/mol. The van der Waals surface area contributed by atoms with E-state index in [1.54, 1.807) is 0 Å². The van der Waals surface area contributed by atoms with E-state index in [2.05, 4.69) is 6.92 Å². The van der Waals surface area contributed by atoms with Crippen LogP contribution < -0.4 is 11.5 Å². The molecular weight excluding hydrogens is 244 g/mol. The first-order valence-corrected chi connectivity index (χ1v) is 8.35. The van der Waals surface area contributed by atoms with Gasteiger partial charge in [0.05, 0.1) is 0 Å². The van der Waals surface area contributed by atoms with E-state index in [0.29, 0.717) is 0 Å². The predicted octanol–water partition coefficient (Wildman–Crippen LogP) is 5.19. The third-order valence-corrected chi connectivity index (χ3v) is 3.98. The smallest absolute Gasteiger partial charge is 0.0314 e. The standard InChI is InChI=1S/C18H32N2/c1-2-3-4-5-6-7-8-9-10-11-18(20)16-12-14-17(19)15-13-16/h12-15,18H,2-11,19-20H2,1H3. The van der Waals surface area contributed by atoms with E-state index in [1.165, 1.54) is 63.4 Å². The zero-order chi connectivity index (χ0) is 14.6. The summed E-state index contributed by atoms with van der Waals surface area (Å²) in [5, 5.41) is 0. The Bertz CT molecular complexity index is 332. The Morgan fingerprint density at radius 2 is 1.30 bits per heavy atom. The van der Waals surface area contributed by atoms with Crippen LogP contribution in [0.1, 0.15) is 82.7 Å². The molecule has 20 heavy (non-hydrogen) atoms. The number of rotatable bonds is 11. The van der Waals surface area contributed by atoms with Crippen molar-refractivity contribution in [3.05, 3.63) is 29.8 Å². The van der Waals surface area contributed by atoms with Crippen molar-refractivity contribution in [3.63, 3.8) is 0 Å². The molecule has 0 aliphatic rings. The van der Waals surface area contributed by atoms with Crippen molar-refractivity contribution in [1.82, 2.24) is 0 Å². The maximum Gasteiger partial charge on any atom is 0.0314 e. The first-order chi connectivity index (χ1) is 9.74. The van der Waals surface area contributed by atoms with Gasteiger partial charge in [-0.05, 0) is 24.1 Å². The minimum Gasteiger partial charge on any atom is -0.399 e. The van der Waals surface area contributed by atoms with Crippen LogP contribution in [0.25, 0.3) is 0 Å². The monoisotopic (exact) mass is 276 g/mol. The zero-order valence-corrected chi connectivity index (χ0v) is 13.1. The van der Waals surface area contributed by atoms with Gasteiger partial charge in [-0.15, -0.1) is 0 Å². The van der Waals surface area contributed by atoms with E-state index >= 15 is 0 Å². The largest absolute Gasteiger partial charge is 0.399 e. The summed E-state index contributed by atoms with van der Waals surface area (Å²) >= 11 is 0. The molecule has 0 heterocycles. The Morgan fingerprint density at radius 1 is 0.800 bits per heavy atom. The molecule has 2 heteroatoms. The Morgan fingerprint density at radius 3 is 1.85 bits per heavy atom. The lowest BCUT2D eigenvalue weighted by molar-refractivity contribution is 0.532. The predicted molar refractivity (Wildman–Crippen MR) is 89.6 cm³/mol. The highest BCUT2D eigenvalue weighted by Gasteiger charge is 2.05. The van der Waals surface area contributed by atoms with Crippen molar-refractivity contribution in [3.8, 4) is 0 Å². The summed E-state index contributed by atoms with van der Waals surface area (Å²) in [5.41, 5.74) is 13.9. The number of hydrogen-bond donors (Lipinski definition) is 2. The summed E-state index contributed by atoms with van der Waals surface area (Å²) in [4.78, 5) is 0. The van der Waals surface area contributed by atoms with Gasteiger partial charge in [0, 0.05) is 11.7 Å². The molecule has 0 saturated carbocycles.